The highest BCUT2D eigenvalue weighted by Gasteiger charge is 2.55. The van der Waals surface area contributed by atoms with Crippen molar-refractivity contribution in [2.75, 3.05) is 20.6 Å². The summed E-state index contributed by atoms with van der Waals surface area (Å²) in [7, 11) is 2.76. The summed E-state index contributed by atoms with van der Waals surface area (Å²) in [5.74, 6) is 0. The molecule has 0 aromatic heterocycles. The minimum atomic E-state index is -1.69. The molecule has 15 heavy (non-hydrogen) atoms. The topological polar surface area (TPSA) is 15.3 Å². The molecule has 2 nitrogen and oxygen atoms in total. The zero-order valence-electron chi connectivity index (χ0n) is 12.2. The highest BCUT2D eigenvalue weighted by molar-refractivity contribution is 6.80. The van der Waals surface area contributed by atoms with Crippen LogP contribution in [0.4, 0.5) is 0 Å². The fourth-order valence-electron chi connectivity index (χ4n) is 3.41. The molecule has 0 aliphatic rings. The number of hydrogen-bond donors (Lipinski definition) is 1. The zero-order chi connectivity index (χ0) is 12.5. The summed E-state index contributed by atoms with van der Waals surface area (Å²) >= 11 is 0. The first kappa shape index (κ1) is 15.1. The van der Waals surface area contributed by atoms with E-state index in [1.54, 1.807) is 0 Å². The molecule has 0 rings (SSSR count). The summed E-state index contributed by atoms with van der Waals surface area (Å²) in [6.07, 6.45) is 0. The Morgan fingerprint density at radius 2 is 1.27 bits per heavy atom. The predicted octanol–water partition coefficient (Wildman–Crippen LogP) is 3.20. The number of hydrogen-bond acceptors (Lipinski definition) is 2. The highest BCUT2D eigenvalue weighted by atomic mass is 28.4. The second kappa shape index (κ2) is 4.56. The predicted molar refractivity (Wildman–Crippen MR) is 72.5 cm³/mol. The third kappa shape index (κ3) is 2.63. The van der Waals surface area contributed by atoms with Gasteiger partial charge in [0.05, 0.1) is 0 Å². The van der Waals surface area contributed by atoms with Crippen molar-refractivity contribution in [3.8, 4) is 0 Å². The first-order valence-electron chi connectivity index (χ1n) is 5.93. The van der Waals surface area contributed by atoms with Crippen LogP contribution in [0.1, 0.15) is 48.5 Å². The van der Waals surface area contributed by atoms with Gasteiger partial charge >= 0.3 is 0 Å². The molecule has 0 spiro atoms. The van der Waals surface area contributed by atoms with Crippen molar-refractivity contribution in [2.45, 2.75) is 58.5 Å². The van der Waals surface area contributed by atoms with Crippen LogP contribution >= 0.6 is 0 Å². The largest absolute Gasteiger partial charge is 0.325 e. The van der Waals surface area contributed by atoms with E-state index in [1.165, 1.54) is 0 Å². The van der Waals surface area contributed by atoms with Crippen molar-refractivity contribution in [1.29, 1.82) is 0 Å². The van der Waals surface area contributed by atoms with Gasteiger partial charge in [-0.1, -0.05) is 48.5 Å². The zero-order valence-corrected chi connectivity index (χ0v) is 13.2. The van der Waals surface area contributed by atoms with Gasteiger partial charge < -0.3 is 9.55 Å². The molecule has 3 heteroatoms. The van der Waals surface area contributed by atoms with Crippen LogP contribution in [0.25, 0.3) is 0 Å². The molecular formula is C12H30N2Si. The van der Waals surface area contributed by atoms with E-state index in [1.807, 2.05) is 0 Å². The lowest BCUT2D eigenvalue weighted by molar-refractivity contribution is 0.449. The monoisotopic (exact) mass is 230 g/mol. The highest BCUT2D eigenvalue weighted by Crippen LogP contribution is 2.49. The minimum absolute atomic E-state index is 0.324. The Morgan fingerprint density at radius 1 is 0.933 bits per heavy atom. The first-order valence-corrected chi connectivity index (χ1v) is 7.88. The maximum Gasteiger partial charge on any atom is 0.214 e. The average molecular weight is 230 g/mol. The van der Waals surface area contributed by atoms with Crippen molar-refractivity contribution in [2.24, 2.45) is 0 Å². The van der Waals surface area contributed by atoms with Gasteiger partial charge in [-0.3, -0.25) is 0 Å². The van der Waals surface area contributed by atoms with E-state index in [-0.39, 0.29) is 0 Å². The van der Waals surface area contributed by atoms with Crippen LogP contribution in [0.2, 0.25) is 10.1 Å². The minimum Gasteiger partial charge on any atom is -0.325 e. The van der Waals surface area contributed by atoms with Crippen LogP contribution in [0.3, 0.4) is 0 Å². The van der Waals surface area contributed by atoms with Gasteiger partial charge in [-0.15, -0.1) is 0 Å². The van der Waals surface area contributed by atoms with Crippen molar-refractivity contribution < 1.29 is 0 Å². The molecule has 0 saturated heterocycles. The Morgan fingerprint density at radius 3 is 1.33 bits per heavy atom. The van der Waals surface area contributed by atoms with E-state index in [4.69, 9.17) is 0 Å². The smallest absolute Gasteiger partial charge is 0.214 e. The number of rotatable bonds is 3. The molecule has 0 aliphatic heterocycles. The SMILES string of the molecule is CCN[Si](N(C)C)(C(C)(C)C)C(C)(C)C. The Balaban J connectivity index is 5.50. The quantitative estimate of drug-likeness (QED) is 0.749. The fourth-order valence-corrected chi connectivity index (χ4v) is 10.2. The van der Waals surface area contributed by atoms with E-state index in [0.29, 0.717) is 10.1 Å². The third-order valence-corrected chi connectivity index (χ3v) is 9.82. The molecule has 0 heterocycles. The van der Waals surface area contributed by atoms with Gasteiger partial charge in [-0.25, -0.2) is 0 Å². The summed E-state index contributed by atoms with van der Waals surface area (Å²) in [6, 6.07) is 0. The molecule has 0 aliphatic carbocycles. The second-order valence-electron chi connectivity index (χ2n) is 6.64. The summed E-state index contributed by atoms with van der Waals surface area (Å²) in [6.45, 7) is 17.5. The Labute approximate surface area is 97.6 Å². The standard InChI is InChI=1S/C12H30N2Si/c1-10-13-15(14(8)9,11(2,3)4)12(5,6)7/h13H,10H2,1-9H3. The lowest BCUT2D eigenvalue weighted by Gasteiger charge is -2.55. The van der Waals surface area contributed by atoms with E-state index in [9.17, 15) is 0 Å². The fraction of sp³-hybridized carbons (Fsp3) is 1.00. The molecule has 0 unspecified atom stereocenters. The molecule has 92 valence electrons. The second-order valence-corrected chi connectivity index (χ2v) is 12.3. The molecule has 1 N–H and O–H groups in total. The van der Waals surface area contributed by atoms with Crippen molar-refractivity contribution >= 4 is 8.40 Å². The third-order valence-electron chi connectivity index (χ3n) is 3.27. The van der Waals surface area contributed by atoms with Gasteiger partial charge in [0, 0.05) is 0 Å². The van der Waals surface area contributed by atoms with Gasteiger partial charge in [0.25, 0.3) is 0 Å². The van der Waals surface area contributed by atoms with Crippen molar-refractivity contribution in [3.05, 3.63) is 0 Å². The van der Waals surface area contributed by atoms with Crippen molar-refractivity contribution in [1.82, 2.24) is 9.55 Å². The van der Waals surface area contributed by atoms with Crippen LogP contribution in [0.5, 0.6) is 0 Å². The Hall–Kier alpha value is 0.137. The van der Waals surface area contributed by atoms with E-state index < -0.39 is 8.40 Å². The van der Waals surface area contributed by atoms with Crippen LogP contribution in [-0.4, -0.2) is 33.6 Å². The summed E-state index contributed by atoms with van der Waals surface area (Å²) < 4.78 is 2.47. The van der Waals surface area contributed by atoms with E-state index >= 15 is 0 Å². The molecule has 0 radical (unpaired) electrons. The van der Waals surface area contributed by atoms with Crippen molar-refractivity contribution in [3.63, 3.8) is 0 Å². The maximum absolute atomic E-state index is 3.84. The number of nitrogens with one attached hydrogen (secondary N) is 1. The van der Waals surface area contributed by atoms with Crippen LogP contribution in [0, 0.1) is 0 Å². The lowest BCUT2D eigenvalue weighted by Crippen LogP contribution is -2.71. The van der Waals surface area contributed by atoms with Crippen LogP contribution in [-0.2, 0) is 0 Å². The summed E-state index contributed by atoms with van der Waals surface area (Å²) in [5, 5.41) is 0.648. The van der Waals surface area contributed by atoms with Crippen LogP contribution in [0.15, 0.2) is 0 Å². The van der Waals surface area contributed by atoms with Gasteiger partial charge in [-0.05, 0) is 30.7 Å². The molecule has 0 aromatic rings. The molecule has 0 amide bonds. The molecule has 0 aromatic carbocycles. The van der Waals surface area contributed by atoms with Gasteiger partial charge in [0.1, 0.15) is 0 Å². The van der Waals surface area contributed by atoms with Gasteiger partial charge in [0.15, 0.2) is 0 Å². The molecular weight excluding hydrogens is 200 g/mol. The van der Waals surface area contributed by atoms with E-state index in [2.05, 4.69) is 72.1 Å². The van der Waals surface area contributed by atoms with Gasteiger partial charge in [-0.2, -0.15) is 0 Å². The van der Waals surface area contributed by atoms with E-state index in [0.717, 1.165) is 6.54 Å². The molecule has 0 fully saturated rings. The normalized spacial score (nSPS) is 14.8. The molecule has 0 atom stereocenters. The van der Waals surface area contributed by atoms with Crippen LogP contribution < -0.4 is 4.98 Å². The Kier molecular flexibility index (Phi) is 4.60. The summed E-state index contributed by atoms with van der Waals surface area (Å²) in [4.78, 5) is 3.84. The lowest BCUT2D eigenvalue weighted by atomic mass is 10.2. The maximum atomic E-state index is 3.84. The van der Waals surface area contributed by atoms with Gasteiger partial charge in [0.2, 0.25) is 8.40 Å². The molecule has 0 bridgehead atoms. The summed E-state index contributed by atoms with van der Waals surface area (Å²) in [5.41, 5.74) is 0. The number of nitrogens with zero attached hydrogens (tertiary/aromatic N) is 1. The Bertz CT molecular complexity index is 185. The first-order chi connectivity index (χ1) is 6.50. The molecule has 0 saturated carbocycles. The average Bonchev–Trinajstić information content (AvgIpc) is 1.93.